The van der Waals surface area contributed by atoms with E-state index < -0.39 is 0 Å². The first-order valence-electron chi connectivity index (χ1n) is 4.86. The van der Waals surface area contributed by atoms with Crippen molar-refractivity contribution >= 4 is 27.1 Å². The highest BCUT2D eigenvalue weighted by Crippen LogP contribution is 2.21. The summed E-state index contributed by atoms with van der Waals surface area (Å²) in [5, 5.41) is 0. The Labute approximate surface area is 96.6 Å². The molecule has 0 saturated heterocycles. The van der Waals surface area contributed by atoms with Crippen molar-refractivity contribution < 1.29 is 0 Å². The van der Waals surface area contributed by atoms with Gasteiger partial charge in [-0.3, -0.25) is 0 Å². The molecule has 0 fully saturated rings. The van der Waals surface area contributed by atoms with Crippen LogP contribution >= 0.6 is 15.9 Å². The Morgan fingerprint density at radius 3 is 2.87 bits per heavy atom. The molecule has 4 nitrogen and oxygen atoms in total. The van der Waals surface area contributed by atoms with Crippen LogP contribution in [0.5, 0.6) is 0 Å². The average molecular weight is 269 g/mol. The van der Waals surface area contributed by atoms with E-state index in [1.807, 2.05) is 6.07 Å². The van der Waals surface area contributed by atoms with Gasteiger partial charge in [0, 0.05) is 16.7 Å². The predicted molar refractivity (Wildman–Crippen MR) is 63.5 cm³/mol. The van der Waals surface area contributed by atoms with Crippen LogP contribution in [0.25, 0.3) is 11.2 Å². The van der Waals surface area contributed by atoms with Gasteiger partial charge in [0.05, 0.1) is 6.54 Å². The van der Waals surface area contributed by atoms with Gasteiger partial charge in [-0.15, -0.1) is 0 Å². The number of hydrogen-bond donors (Lipinski definition) is 1. The van der Waals surface area contributed by atoms with E-state index >= 15 is 0 Å². The Bertz CT molecular complexity index is 489. The summed E-state index contributed by atoms with van der Waals surface area (Å²) in [6, 6.07) is 2.28. The minimum atomic E-state index is 0.322. The fourth-order valence-electron chi connectivity index (χ4n) is 1.69. The van der Waals surface area contributed by atoms with Crippen LogP contribution in [-0.4, -0.2) is 14.5 Å². The first-order valence-corrected chi connectivity index (χ1v) is 5.65. The molecule has 5 heteroatoms. The molecule has 2 rings (SSSR count). The SMILES string of the molecule is CC(C)n1c(CN)nc2cc(Br)cnc21. The molecule has 2 aromatic rings. The summed E-state index contributed by atoms with van der Waals surface area (Å²) in [4.78, 5) is 8.83. The molecule has 0 radical (unpaired) electrons. The van der Waals surface area contributed by atoms with E-state index in [4.69, 9.17) is 5.73 Å². The van der Waals surface area contributed by atoms with Gasteiger partial charge in [0.15, 0.2) is 5.65 Å². The molecule has 0 amide bonds. The Morgan fingerprint density at radius 2 is 2.27 bits per heavy atom. The number of aromatic nitrogens is 3. The number of imidazole rings is 1. The lowest BCUT2D eigenvalue weighted by Gasteiger charge is -2.10. The largest absolute Gasteiger partial charge is 0.324 e. The summed E-state index contributed by atoms with van der Waals surface area (Å²) in [6.45, 7) is 4.64. The highest BCUT2D eigenvalue weighted by atomic mass is 79.9. The molecule has 0 aliphatic heterocycles. The normalized spacial score (nSPS) is 11.5. The van der Waals surface area contributed by atoms with Crippen molar-refractivity contribution in [3.63, 3.8) is 0 Å². The van der Waals surface area contributed by atoms with E-state index in [0.717, 1.165) is 21.5 Å². The molecule has 0 spiro atoms. The number of nitrogens with zero attached hydrogens (tertiary/aromatic N) is 3. The Kier molecular flexibility index (Phi) is 2.75. The Morgan fingerprint density at radius 1 is 1.53 bits per heavy atom. The number of hydrogen-bond acceptors (Lipinski definition) is 3. The smallest absolute Gasteiger partial charge is 0.160 e. The van der Waals surface area contributed by atoms with Gasteiger partial charge >= 0.3 is 0 Å². The van der Waals surface area contributed by atoms with E-state index in [2.05, 4.69) is 44.3 Å². The number of halogens is 1. The minimum Gasteiger partial charge on any atom is -0.324 e. The van der Waals surface area contributed by atoms with Gasteiger partial charge in [-0.1, -0.05) is 0 Å². The maximum Gasteiger partial charge on any atom is 0.160 e. The van der Waals surface area contributed by atoms with Crippen LogP contribution in [0.3, 0.4) is 0 Å². The molecule has 0 aliphatic rings. The van der Waals surface area contributed by atoms with Gasteiger partial charge < -0.3 is 10.3 Å². The van der Waals surface area contributed by atoms with E-state index in [0.29, 0.717) is 12.6 Å². The molecule has 2 heterocycles. The van der Waals surface area contributed by atoms with Gasteiger partial charge in [-0.25, -0.2) is 9.97 Å². The summed E-state index contributed by atoms with van der Waals surface area (Å²) in [7, 11) is 0. The molecule has 0 aliphatic carbocycles. The summed E-state index contributed by atoms with van der Waals surface area (Å²) in [5.74, 6) is 0.880. The lowest BCUT2D eigenvalue weighted by molar-refractivity contribution is 0.581. The van der Waals surface area contributed by atoms with E-state index in [1.165, 1.54) is 0 Å². The zero-order valence-corrected chi connectivity index (χ0v) is 10.3. The lowest BCUT2D eigenvalue weighted by atomic mass is 10.3. The second kappa shape index (κ2) is 3.90. The molecule has 15 heavy (non-hydrogen) atoms. The molecule has 0 saturated carbocycles. The minimum absolute atomic E-state index is 0.322. The first kappa shape index (κ1) is 10.6. The van der Waals surface area contributed by atoms with Gasteiger partial charge in [-0.2, -0.15) is 0 Å². The van der Waals surface area contributed by atoms with Crippen LogP contribution in [0.15, 0.2) is 16.7 Å². The number of pyridine rings is 1. The summed E-state index contributed by atoms with van der Waals surface area (Å²) >= 11 is 3.38. The summed E-state index contributed by atoms with van der Waals surface area (Å²) in [6.07, 6.45) is 1.78. The highest BCUT2D eigenvalue weighted by Gasteiger charge is 2.12. The van der Waals surface area contributed by atoms with Gasteiger partial charge in [0.2, 0.25) is 0 Å². The summed E-state index contributed by atoms with van der Waals surface area (Å²) in [5.41, 5.74) is 7.45. The van der Waals surface area contributed by atoms with Gasteiger partial charge in [0.25, 0.3) is 0 Å². The fraction of sp³-hybridized carbons (Fsp3) is 0.400. The Balaban J connectivity index is 2.74. The maximum atomic E-state index is 5.67. The van der Waals surface area contributed by atoms with Crippen molar-refractivity contribution in [2.75, 3.05) is 0 Å². The lowest BCUT2D eigenvalue weighted by Crippen LogP contribution is -2.10. The number of nitrogens with two attached hydrogens (primary N) is 1. The second-order valence-electron chi connectivity index (χ2n) is 3.69. The average Bonchev–Trinajstić information content (AvgIpc) is 2.54. The number of fused-ring (bicyclic) bond motifs is 1. The van der Waals surface area contributed by atoms with Gasteiger partial charge in [0.1, 0.15) is 11.3 Å². The van der Waals surface area contributed by atoms with Gasteiger partial charge in [-0.05, 0) is 35.8 Å². The number of rotatable bonds is 2. The zero-order chi connectivity index (χ0) is 11.0. The third-order valence-electron chi connectivity index (χ3n) is 2.27. The molecular weight excluding hydrogens is 256 g/mol. The topological polar surface area (TPSA) is 56.7 Å². The Hall–Kier alpha value is -0.940. The fourth-order valence-corrected chi connectivity index (χ4v) is 2.01. The molecule has 0 atom stereocenters. The van der Waals surface area contributed by atoms with Crippen molar-refractivity contribution in [2.24, 2.45) is 5.73 Å². The monoisotopic (exact) mass is 268 g/mol. The van der Waals surface area contributed by atoms with E-state index in [1.54, 1.807) is 6.20 Å². The highest BCUT2D eigenvalue weighted by molar-refractivity contribution is 9.10. The van der Waals surface area contributed by atoms with Crippen LogP contribution in [0.2, 0.25) is 0 Å². The van der Waals surface area contributed by atoms with E-state index in [-0.39, 0.29) is 0 Å². The molecule has 2 N–H and O–H groups in total. The molecule has 0 aromatic carbocycles. The predicted octanol–water partition coefficient (Wildman–Crippen LogP) is 2.23. The second-order valence-corrected chi connectivity index (χ2v) is 4.61. The first-order chi connectivity index (χ1) is 7.13. The van der Waals surface area contributed by atoms with Crippen molar-refractivity contribution in [2.45, 2.75) is 26.4 Å². The van der Waals surface area contributed by atoms with Crippen molar-refractivity contribution in [3.05, 3.63) is 22.6 Å². The molecule has 80 valence electrons. The van der Waals surface area contributed by atoms with Crippen molar-refractivity contribution in [3.8, 4) is 0 Å². The third-order valence-corrected chi connectivity index (χ3v) is 2.70. The quantitative estimate of drug-likeness (QED) is 0.909. The molecular formula is C10H13BrN4. The standard InChI is InChI=1S/C10H13BrN4/c1-6(2)15-9(4-12)14-8-3-7(11)5-13-10(8)15/h3,5-6H,4,12H2,1-2H3. The summed E-state index contributed by atoms with van der Waals surface area (Å²) < 4.78 is 3.01. The molecule has 0 unspecified atom stereocenters. The third kappa shape index (κ3) is 1.77. The van der Waals surface area contributed by atoms with Crippen molar-refractivity contribution in [1.29, 1.82) is 0 Å². The van der Waals surface area contributed by atoms with Crippen LogP contribution in [0.4, 0.5) is 0 Å². The van der Waals surface area contributed by atoms with Crippen molar-refractivity contribution in [1.82, 2.24) is 14.5 Å². The van der Waals surface area contributed by atoms with Crippen LogP contribution in [-0.2, 0) is 6.54 Å². The van der Waals surface area contributed by atoms with E-state index in [9.17, 15) is 0 Å². The maximum absolute atomic E-state index is 5.67. The zero-order valence-electron chi connectivity index (χ0n) is 8.74. The molecule has 2 aromatic heterocycles. The van der Waals surface area contributed by atoms with Crippen LogP contribution in [0.1, 0.15) is 25.7 Å². The molecule has 0 bridgehead atoms. The van der Waals surface area contributed by atoms with Crippen LogP contribution < -0.4 is 5.73 Å². The van der Waals surface area contributed by atoms with Crippen LogP contribution in [0, 0.1) is 0 Å².